The van der Waals surface area contributed by atoms with Gasteiger partial charge in [0.05, 0.1) is 5.92 Å². The number of allylic oxidation sites excluding steroid dienone is 4. The fourth-order valence-electron chi connectivity index (χ4n) is 6.75. The van der Waals surface area contributed by atoms with E-state index in [1.54, 1.807) is 5.57 Å². The second kappa shape index (κ2) is 4.72. The van der Waals surface area contributed by atoms with Crippen LogP contribution in [0.25, 0.3) is 0 Å². The molecule has 4 aliphatic rings. The first kappa shape index (κ1) is 14.5. The molecule has 0 heterocycles. The Morgan fingerprint density at radius 1 is 1.18 bits per heavy atom. The molecule has 3 fully saturated rings. The number of carboxylic acid groups (broad SMARTS) is 1. The minimum Gasteiger partial charge on any atom is -0.481 e. The molecule has 0 radical (unpaired) electrons. The summed E-state index contributed by atoms with van der Waals surface area (Å²) in [5, 5.41) is 9.63. The van der Waals surface area contributed by atoms with Crippen LogP contribution in [0.5, 0.6) is 0 Å². The van der Waals surface area contributed by atoms with Crippen molar-refractivity contribution in [2.24, 2.45) is 34.5 Å². The Morgan fingerprint density at radius 3 is 2.77 bits per heavy atom. The number of rotatable bonds is 1. The van der Waals surface area contributed by atoms with Crippen LogP contribution >= 0.6 is 0 Å². The van der Waals surface area contributed by atoms with Crippen LogP contribution in [-0.2, 0) is 4.79 Å². The smallest absolute Gasteiger partial charge is 0.307 e. The quantitative estimate of drug-likeness (QED) is 0.705. The van der Waals surface area contributed by atoms with Crippen LogP contribution in [0.4, 0.5) is 0 Å². The Morgan fingerprint density at radius 2 is 2.00 bits per heavy atom. The van der Waals surface area contributed by atoms with Crippen molar-refractivity contribution in [3.8, 4) is 0 Å². The summed E-state index contributed by atoms with van der Waals surface area (Å²) in [5.74, 6) is 1.43. The number of carboxylic acids is 1. The van der Waals surface area contributed by atoms with Crippen LogP contribution < -0.4 is 0 Å². The van der Waals surface area contributed by atoms with Crippen molar-refractivity contribution in [2.75, 3.05) is 0 Å². The van der Waals surface area contributed by atoms with Gasteiger partial charge in [0.1, 0.15) is 0 Å². The normalized spacial score (nSPS) is 49.8. The third kappa shape index (κ3) is 1.76. The van der Waals surface area contributed by atoms with Gasteiger partial charge in [-0.2, -0.15) is 0 Å². The molecule has 0 aliphatic heterocycles. The molecular formula is C20H28O2. The average Bonchev–Trinajstić information content (AvgIpc) is 2.84. The molecule has 2 heteroatoms. The Balaban J connectivity index is 1.68. The van der Waals surface area contributed by atoms with Gasteiger partial charge in [-0.25, -0.2) is 0 Å². The number of hydrogen-bond donors (Lipinski definition) is 1. The van der Waals surface area contributed by atoms with E-state index in [9.17, 15) is 9.90 Å². The van der Waals surface area contributed by atoms with Gasteiger partial charge in [-0.05, 0) is 68.1 Å². The van der Waals surface area contributed by atoms with Crippen molar-refractivity contribution in [1.29, 1.82) is 0 Å². The SMILES string of the molecule is C[C@]12C=CCC=C1CC[C@@H]1[C@@H]2CC[C@]2(C)C(C(=O)O)CC[C@@H]12. The first-order valence-electron chi connectivity index (χ1n) is 9.07. The second-order valence-corrected chi connectivity index (χ2v) is 8.58. The van der Waals surface area contributed by atoms with Gasteiger partial charge in [-0.3, -0.25) is 4.79 Å². The monoisotopic (exact) mass is 300 g/mol. The van der Waals surface area contributed by atoms with Crippen LogP contribution in [-0.4, -0.2) is 11.1 Å². The fraction of sp³-hybridized carbons (Fsp3) is 0.750. The first-order valence-corrected chi connectivity index (χ1v) is 9.07. The van der Waals surface area contributed by atoms with Gasteiger partial charge in [0, 0.05) is 5.41 Å². The van der Waals surface area contributed by atoms with E-state index in [-0.39, 0.29) is 16.7 Å². The molecule has 0 aromatic heterocycles. The largest absolute Gasteiger partial charge is 0.481 e. The third-order valence-electron chi connectivity index (χ3n) is 7.91. The van der Waals surface area contributed by atoms with E-state index in [0.717, 1.165) is 37.5 Å². The molecule has 0 bridgehead atoms. The van der Waals surface area contributed by atoms with E-state index in [1.165, 1.54) is 19.3 Å². The standard InChI is InChI=1S/C20H28O2/c1-19-11-4-3-5-13(19)6-7-14-15-8-9-17(18(21)22)20(15,2)12-10-16(14)19/h4-5,11,14-17H,3,6-10,12H2,1-2H3,(H,21,22)/t14-,15-,16-,17?,19-,20-/m0/s1. The third-order valence-corrected chi connectivity index (χ3v) is 7.91. The molecule has 0 aromatic rings. The molecule has 120 valence electrons. The van der Waals surface area contributed by atoms with Crippen molar-refractivity contribution in [2.45, 2.75) is 58.8 Å². The lowest BCUT2D eigenvalue weighted by Gasteiger charge is -2.56. The van der Waals surface area contributed by atoms with Crippen LogP contribution in [0.15, 0.2) is 23.8 Å². The molecule has 0 aromatic carbocycles. The van der Waals surface area contributed by atoms with E-state index < -0.39 is 5.97 Å². The second-order valence-electron chi connectivity index (χ2n) is 8.58. The zero-order valence-electron chi connectivity index (χ0n) is 13.8. The zero-order chi connectivity index (χ0) is 15.5. The molecule has 4 rings (SSSR count). The minimum atomic E-state index is -0.552. The Bertz CT molecular complexity index is 560. The lowest BCUT2D eigenvalue weighted by molar-refractivity contribution is -0.148. The van der Waals surface area contributed by atoms with Crippen LogP contribution in [0.2, 0.25) is 0 Å². The molecule has 6 atom stereocenters. The lowest BCUT2D eigenvalue weighted by atomic mass is 9.48. The average molecular weight is 300 g/mol. The summed E-state index contributed by atoms with van der Waals surface area (Å²) in [5.41, 5.74) is 1.96. The maximum atomic E-state index is 11.7. The maximum Gasteiger partial charge on any atom is 0.307 e. The van der Waals surface area contributed by atoms with E-state index in [1.807, 2.05) is 0 Å². The summed E-state index contributed by atoms with van der Waals surface area (Å²) in [4.78, 5) is 11.7. The van der Waals surface area contributed by atoms with Gasteiger partial charge in [0.2, 0.25) is 0 Å². The summed E-state index contributed by atoms with van der Waals surface area (Å²) in [6.07, 6.45) is 15.2. The predicted octanol–water partition coefficient (Wildman–Crippen LogP) is 4.82. The van der Waals surface area contributed by atoms with Crippen molar-refractivity contribution in [3.05, 3.63) is 23.8 Å². The summed E-state index contributed by atoms with van der Waals surface area (Å²) in [6, 6.07) is 0. The number of hydrogen-bond acceptors (Lipinski definition) is 1. The molecule has 0 saturated heterocycles. The van der Waals surface area contributed by atoms with Crippen molar-refractivity contribution < 1.29 is 9.90 Å². The van der Waals surface area contributed by atoms with Gasteiger partial charge >= 0.3 is 5.97 Å². The minimum absolute atomic E-state index is 0.0446. The van der Waals surface area contributed by atoms with E-state index in [4.69, 9.17) is 0 Å². The fourth-order valence-corrected chi connectivity index (χ4v) is 6.75. The van der Waals surface area contributed by atoms with Crippen molar-refractivity contribution in [1.82, 2.24) is 0 Å². The highest BCUT2D eigenvalue weighted by Crippen LogP contribution is 2.65. The van der Waals surface area contributed by atoms with Crippen molar-refractivity contribution in [3.63, 3.8) is 0 Å². The highest BCUT2D eigenvalue weighted by atomic mass is 16.4. The molecular weight excluding hydrogens is 272 g/mol. The number of fused-ring (bicyclic) bond motifs is 5. The Hall–Kier alpha value is -1.05. The summed E-state index contributed by atoms with van der Waals surface area (Å²) >= 11 is 0. The molecule has 0 spiro atoms. The molecule has 3 saturated carbocycles. The topological polar surface area (TPSA) is 37.3 Å². The summed E-state index contributed by atoms with van der Waals surface area (Å²) in [6.45, 7) is 4.72. The van der Waals surface area contributed by atoms with Gasteiger partial charge in [0.25, 0.3) is 0 Å². The molecule has 1 unspecified atom stereocenters. The van der Waals surface area contributed by atoms with Crippen LogP contribution in [0, 0.1) is 34.5 Å². The molecule has 1 N–H and O–H groups in total. The van der Waals surface area contributed by atoms with Crippen LogP contribution in [0.3, 0.4) is 0 Å². The van der Waals surface area contributed by atoms with Gasteiger partial charge in [0.15, 0.2) is 0 Å². The Labute approximate surface area is 133 Å². The predicted molar refractivity (Wildman–Crippen MR) is 87.4 cm³/mol. The zero-order valence-corrected chi connectivity index (χ0v) is 13.8. The first-order chi connectivity index (χ1) is 10.5. The maximum absolute atomic E-state index is 11.7. The van der Waals surface area contributed by atoms with E-state index >= 15 is 0 Å². The van der Waals surface area contributed by atoms with Gasteiger partial charge in [-0.1, -0.05) is 37.6 Å². The molecule has 2 nitrogen and oxygen atoms in total. The van der Waals surface area contributed by atoms with Gasteiger partial charge < -0.3 is 5.11 Å². The highest BCUT2D eigenvalue weighted by molar-refractivity contribution is 5.71. The van der Waals surface area contributed by atoms with Crippen LogP contribution in [0.1, 0.15) is 58.8 Å². The Kier molecular flexibility index (Phi) is 3.12. The molecule has 4 aliphatic carbocycles. The molecule has 22 heavy (non-hydrogen) atoms. The summed E-state index contributed by atoms with van der Waals surface area (Å²) in [7, 11) is 0. The molecule has 0 amide bonds. The van der Waals surface area contributed by atoms with Gasteiger partial charge in [-0.15, -0.1) is 0 Å². The number of carbonyl (C=O) groups is 1. The van der Waals surface area contributed by atoms with E-state index in [0.29, 0.717) is 5.92 Å². The van der Waals surface area contributed by atoms with E-state index in [2.05, 4.69) is 32.1 Å². The highest BCUT2D eigenvalue weighted by Gasteiger charge is 2.59. The van der Waals surface area contributed by atoms with Crippen molar-refractivity contribution >= 4 is 5.97 Å². The lowest BCUT2D eigenvalue weighted by Crippen LogP contribution is -2.50. The summed E-state index contributed by atoms with van der Waals surface area (Å²) < 4.78 is 0. The number of aliphatic carboxylic acids is 1.